The van der Waals surface area contributed by atoms with Crippen molar-refractivity contribution < 1.29 is 14.3 Å². The van der Waals surface area contributed by atoms with Gasteiger partial charge in [-0.3, -0.25) is 4.79 Å². The molecule has 0 aliphatic carbocycles. The molecule has 1 aromatic carbocycles. The van der Waals surface area contributed by atoms with Gasteiger partial charge in [0.1, 0.15) is 5.78 Å². The first-order chi connectivity index (χ1) is 12.3. The Hall–Kier alpha value is -1.64. The van der Waals surface area contributed by atoms with Gasteiger partial charge in [0.25, 0.3) is 0 Å². The van der Waals surface area contributed by atoms with E-state index in [1.54, 1.807) is 6.92 Å². The summed E-state index contributed by atoms with van der Waals surface area (Å²) in [5, 5.41) is 0. The minimum absolute atomic E-state index is 0.00400. The first kappa shape index (κ1) is 26.6. The number of rotatable bonds is 8. The third-order valence-electron chi connectivity index (χ3n) is 4.19. The Morgan fingerprint density at radius 2 is 1.62 bits per heavy atom. The molecule has 0 N–H and O–H groups in total. The van der Waals surface area contributed by atoms with Crippen molar-refractivity contribution in [1.82, 2.24) is 0 Å². The van der Waals surface area contributed by atoms with Gasteiger partial charge in [-0.2, -0.15) is 0 Å². The Kier molecular flexibility index (Phi) is 17.2. The highest BCUT2D eigenvalue weighted by atomic mass is 16.5. The number of unbranched alkanes of at least 4 members (excludes halogenated alkanes) is 1. The van der Waals surface area contributed by atoms with Gasteiger partial charge in [0.05, 0.1) is 13.0 Å². The van der Waals surface area contributed by atoms with Gasteiger partial charge in [-0.15, -0.1) is 0 Å². The fourth-order valence-corrected chi connectivity index (χ4v) is 2.57. The Morgan fingerprint density at radius 3 is 2.00 bits per heavy atom. The third kappa shape index (κ3) is 12.7. The van der Waals surface area contributed by atoms with Gasteiger partial charge in [-0.25, -0.2) is 0 Å². The second-order valence-electron chi connectivity index (χ2n) is 6.49. The van der Waals surface area contributed by atoms with E-state index >= 15 is 0 Å². The third-order valence-corrected chi connectivity index (χ3v) is 4.19. The van der Waals surface area contributed by atoms with E-state index in [2.05, 4.69) is 39.0 Å². The average Bonchev–Trinajstić information content (AvgIpc) is 2.63. The molecule has 0 amide bonds. The topological polar surface area (TPSA) is 43.4 Å². The first-order valence-corrected chi connectivity index (χ1v) is 9.95. The van der Waals surface area contributed by atoms with Crippen LogP contribution in [0.1, 0.15) is 83.4 Å². The zero-order valence-corrected chi connectivity index (χ0v) is 18.3. The molecule has 0 aromatic heterocycles. The van der Waals surface area contributed by atoms with Crippen molar-refractivity contribution in [2.45, 2.75) is 87.0 Å². The van der Waals surface area contributed by atoms with Crippen LogP contribution in [0.5, 0.6) is 0 Å². The smallest absolute Gasteiger partial charge is 0.308 e. The number of carbonyl (C=O) groups is 2. The highest BCUT2D eigenvalue weighted by Crippen LogP contribution is 2.18. The van der Waals surface area contributed by atoms with Gasteiger partial charge in [-0.05, 0) is 63.1 Å². The summed E-state index contributed by atoms with van der Waals surface area (Å²) in [6.07, 6.45) is 5.90. The molecular formula is C23H40O3. The normalized spacial score (nSPS) is 10.6. The molecule has 1 unspecified atom stereocenters. The predicted molar refractivity (Wildman–Crippen MR) is 112 cm³/mol. The number of aryl methyl sites for hydroxylation is 2. The van der Waals surface area contributed by atoms with Gasteiger partial charge < -0.3 is 9.53 Å². The summed E-state index contributed by atoms with van der Waals surface area (Å²) in [4.78, 5) is 21.5. The molecular weight excluding hydrogens is 324 g/mol. The van der Waals surface area contributed by atoms with Crippen molar-refractivity contribution in [3.63, 3.8) is 0 Å². The lowest BCUT2D eigenvalue weighted by Crippen LogP contribution is -2.12. The molecule has 0 aliphatic heterocycles. The molecule has 1 aromatic rings. The lowest BCUT2D eigenvalue weighted by molar-refractivity contribution is -0.145. The summed E-state index contributed by atoms with van der Waals surface area (Å²) >= 11 is 0. The van der Waals surface area contributed by atoms with E-state index in [0.717, 1.165) is 38.5 Å². The first-order valence-electron chi connectivity index (χ1n) is 9.95. The molecule has 0 bridgehead atoms. The largest absolute Gasteiger partial charge is 0.469 e. The van der Waals surface area contributed by atoms with E-state index in [-0.39, 0.29) is 11.9 Å². The van der Waals surface area contributed by atoms with Crippen LogP contribution in [0.25, 0.3) is 0 Å². The number of methoxy groups -OCH3 is 1. The van der Waals surface area contributed by atoms with Crippen LogP contribution in [0.4, 0.5) is 0 Å². The van der Waals surface area contributed by atoms with Gasteiger partial charge in [-0.1, -0.05) is 52.3 Å². The summed E-state index contributed by atoms with van der Waals surface area (Å²) in [6.45, 7) is 13.9. The van der Waals surface area contributed by atoms with Crippen LogP contribution >= 0.6 is 0 Å². The Balaban J connectivity index is 0. The maximum atomic E-state index is 11.3. The molecule has 1 atom stereocenters. The Labute approximate surface area is 161 Å². The Morgan fingerprint density at radius 1 is 1.08 bits per heavy atom. The second kappa shape index (κ2) is 16.8. The van der Waals surface area contributed by atoms with E-state index in [1.807, 2.05) is 20.8 Å². The Bertz CT molecular complexity index is 486. The molecule has 0 spiro atoms. The maximum Gasteiger partial charge on any atom is 0.308 e. The standard InChI is InChI=1S/C15H22O2.C6H12O.C2H6/c1-11-7-5-8-12(2)14(11)10-6-9-13(3)15(16)17-4;1-3-4-5-6(2)7;1-2/h5,7-8,13H,6,9-10H2,1-4H3;3-5H2,1-2H3;1-2H3. The lowest BCUT2D eigenvalue weighted by atomic mass is 9.95. The van der Waals surface area contributed by atoms with Gasteiger partial charge in [0.15, 0.2) is 0 Å². The van der Waals surface area contributed by atoms with Gasteiger partial charge >= 0.3 is 5.97 Å². The summed E-state index contributed by atoms with van der Waals surface area (Å²) in [5.74, 6) is 0.206. The van der Waals surface area contributed by atoms with Crippen molar-refractivity contribution in [3.8, 4) is 0 Å². The van der Waals surface area contributed by atoms with E-state index in [1.165, 1.54) is 23.8 Å². The maximum absolute atomic E-state index is 11.3. The molecule has 3 heteroatoms. The fourth-order valence-electron chi connectivity index (χ4n) is 2.57. The molecule has 1 rings (SSSR count). The van der Waals surface area contributed by atoms with Crippen LogP contribution in [-0.4, -0.2) is 18.9 Å². The number of benzene rings is 1. The van der Waals surface area contributed by atoms with E-state index in [9.17, 15) is 9.59 Å². The van der Waals surface area contributed by atoms with Crippen molar-refractivity contribution >= 4 is 11.8 Å². The van der Waals surface area contributed by atoms with E-state index in [0.29, 0.717) is 5.78 Å². The van der Waals surface area contributed by atoms with Crippen LogP contribution in [0, 0.1) is 19.8 Å². The van der Waals surface area contributed by atoms with Crippen molar-refractivity contribution in [1.29, 1.82) is 0 Å². The highest BCUT2D eigenvalue weighted by molar-refractivity contribution is 5.75. The summed E-state index contributed by atoms with van der Waals surface area (Å²) in [7, 11) is 1.45. The summed E-state index contributed by atoms with van der Waals surface area (Å²) < 4.78 is 4.72. The molecule has 0 aliphatic rings. The molecule has 150 valence electrons. The van der Waals surface area contributed by atoms with Crippen LogP contribution in [0.15, 0.2) is 18.2 Å². The molecule has 0 radical (unpaired) electrons. The number of hydrogen-bond acceptors (Lipinski definition) is 3. The SMILES string of the molecule is CC.CCCCC(C)=O.COC(=O)C(C)CCCc1c(C)cccc1C. The predicted octanol–water partition coefficient (Wildman–Crippen LogP) is 6.23. The zero-order valence-electron chi connectivity index (χ0n) is 18.3. The zero-order chi connectivity index (χ0) is 20.5. The lowest BCUT2D eigenvalue weighted by Gasteiger charge is -2.11. The molecule has 3 nitrogen and oxygen atoms in total. The van der Waals surface area contributed by atoms with E-state index in [4.69, 9.17) is 4.74 Å². The molecule has 26 heavy (non-hydrogen) atoms. The number of esters is 1. The number of ether oxygens (including phenoxy) is 1. The van der Waals surface area contributed by atoms with Crippen LogP contribution in [0.3, 0.4) is 0 Å². The summed E-state index contributed by atoms with van der Waals surface area (Å²) in [5.41, 5.74) is 4.11. The van der Waals surface area contributed by atoms with Gasteiger partial charge in [0, 0.05) is 6.42 Å². The number of carbonyl (C=O) groups excluding carboxylic acids is 2. The minimum atomic E-state index is -0.105. The molecule has 0 fully saturated rings. The fraction of sp³-hybridized carbons (Fsp3) is 0.652. The van der Waals surface area contributed by atoms with Crippen LogP contribution < -0.4 is 0 Å². The average molecular weight is 365 g/mol. The summed E-state index contributed by atoms with van der Waals surface area (Å²) in [6, 6.07) is 6.38. The number of ketones is 1. The van der Waals surface area contributed by atoms with Crippen LogP contribution in [0.2, 0.25) is 0 Å². The van der Waals surface area contributed by atoms with Crippen molar-refractivity contribution in [2.24, 2.45) is 5.92 Å². The monoisotopic (exact) mass is 364 g/mol. The van der Waals surface area contributed by atoms with Crippen LogP contribution in [-0.2, 0) is 20.7 Å². The van der Waals surface area contributed by atoms with Crippen molar-refractivity contribution in [3.05, 3.63) is 34.9 Å². The molecule has 0 saturated carbocycles. The quantitative estimate of drug-likeness (QED) is 0.514. The molecule has 0 saturated heterocycles. The second-order valence-corrected chi connectivity index (χ2v) is 6.49. The van der Waals surface area contributed by atoms with Crippen molar-refractivity contribution in [2.75, 3.05) is 7.11 Å². The molecule has 0 heterocycles. The minimum Gasteiger partial charge on any atom is -0.469 e. The number of Topliss-reactive ketones (excluding diaryl/α,β-unsaturated/α-hetero) is 1. The highest BCUT2D eigenvalue weighted by Gasteiger charge is 2.12. The van der Waals surface area contributed by atoms with E-state index < -0.39 is 0 Å². The van der Waals surface area contributed by atoms with Gasteiger partial charge in [0.2, 0.25) is 0 Å². The number of hydrogen-bond donors (Lipinski definition) is 0.